The minimum absolute atomic E-state index is 0.0538. The van der Waals surface area contributed by atoms with Crippen LogP contribution in [-0.2, 0) is 11.3 Å². The molecule has 0 bridgehead atoms. The molecule has 0 aliphatic carbocycles. The quantitative estimate of drug-likeness (QED) is 0.818. The van der Waals surface area contributed by atoms with E-state index in [4.69, 9.17) is 10.5 Å². The molecule has 0 spiro atoms. The molecule has 1 aliphatic rings. The van der Waals surface area contributed by atoms with E-state index in [0.29, 0.717) is 6.54 Å². The highest BCUT2D eigenvalue weighted by Crippen LogP contribution is 2.19. The average molecular weight is 220 g/mol. The van der Waals surface area contributed by atoms with Crippen LogP contribution in [0, 0.1) is 0 Å². The summed E-state index contributed by atoms with van der Waals surface area (Å²) in [6, 6.07) is 7.56. The summed E-state index contributed by atoms with van der Waals surface area (Å²) in [5.41, 5.74) is 6.56. The van der Waals surface area contributed by atoms with Crippen LogP contribution in [0.3, 0.4) is 0 Å². The molecule has 0 radical (unpaired) electrons. The van der Waals surface area contributed by atoms with Gasteiger partial charge < -0.3 is 15.4 Å². The Bertz CT molecular complexity index is 392. The van der Waals surface area contributed by atoms with Gasteiger partial charge in [-0.2, -0.15) is 0 Å². The smallest absolute Gasteiger partial charge is 0.263 e. The Morgan fingerprint density at radius 1 is 1.56 bits per heavy atom. The topological polar surface area (TPSA) is 55.6 Å². The van der Waals surface area contributed by atoms with E-state index in [9.17, 15) is 4.79 Å². The van der Waals surface area contributed by atoms with E-state index in [1.54, 1.807) is 11.9 Å². The van der Waals surface area contributed by atoms with Crippen LogP contribution in [0.25, 0.3) is 0 Å². The molecule has 0 saturated carbocycles. The van der Waals surface area contributed by atoms with E-state index in [-0.39, 0.29) is 12.0 Å². The molecule has 86 valence electrons. The molecule has 2 rings (SSSR count). The Kier molecular flexibility index (Phi) is 3.10. The first kappa shape index (κ1) is 11.0. The maximum Gasteiger partial charge on any atom is 0.263 e. The van der Waals surface area contributed by atoms with E-state index >= 15 is 0 Å². The van der Waals surface area contributed by atoms with Gasteiger partial charge in [0.1, 0.15) is 5.75 Å². The van der Waals surface area contributed by atoms with Crippen molar-refractivity contribution >= 4 is 5.91 Å². The summed E-state index contributed by atoms with van der Waals surface area (Å²) in [6.45, 7) is 1.25. The van der Waals surface area contributed by atoms with Crippen molar-refractivity contribution in [2.24, 2.45) is 5.73 Å². The van der Waals surface area contributed by atoms with E-state index < -0.39 is 0 Å². The Morgan fingerprint density at radius 3 is 3.00 bits per heavy atom. The number of nitrogens with two attached hydrogens (primary N) is 1. The molecule has 1 aromatic carbocycles. The van der Waals surface area contributed by atoms with Gasteiger partial charge in [-0.15, -0.1) is 0 Å². The van der Waals surface area contributed by atoms with E-state index in [1.165, 1.54) is 0 Å². The lowest BCUT2D eigenvalue weighted by atomic mass is 10.2. The Hall–Kier alpha value is -1.55. The molecule has 1 aliphatic heterocycles. The van der Waals surface area contributed by atoms with Gasteiger partial charge in [-0.25, -0.2) is 0 Å². The standard InChI is InChI=1S/C12H16N2O2/c1-14-6-5-11(12(14)15)16-10-4-2-3-9(7-10)8-13/h2-4,7,11H,5-6,8,13H2,1H3. The van der Waals surface area contributed by atoms with Crippen LogP contribution in [0.5, 0.6) is 5.75 Å². The third kappa shape index (κ3) is 2.17. The fourth-order valence-electron chi connectivity index (χ4n) is 1.81. The van der Waals surface area contributed by atoms with Gasteiger partial charge in [-0.1, -0.05) is 12.1 Å². The molecule has 1 heterocycles. The number of amides is 1. The lowest BCUT2D eigenvalue weighted by molar-refractivity contribution is -0.132. The fourth-order valence-corrected chi connectivity index (χ4v) is 1.81. The van der Waals surface area contributed by atoms with Gasteiger partial charge in [0.25, 0.3) is 5.91 Å². The first-order valence-corrected chi connectivity index (χ1v) is 5.41. The second-order valence-electron chi connectivity index (χ2n) is 4.01. The normalized spacial score (nSPS) is 20.2. The van der Waals surface area contributed by atoms with Gasteiger partial charge in [0.2, 0.25) is 0 Å². The zero-order valence-electron chi connectivity index (χ0n) is 9.35. The highest BCUT2D eigenvalue weighted by Gasteiger charge is 2.30. The second kappa shape index (κ2) is 4.53. The monoisotopic (exact) mass is 220 g/mol. The molecule has 16 heavy (non-hydrogen) atoms. The predicted molar refractivity (Wildman–Crippen MR) is 61.0 cm³/mol. The summed E-state index contributed by atoms with van der Waals surface area (Å²) in [5, 5.41) is 0. The average Bonchev–Trinajstić information content (AvgIpc) is 2.61. The maximum absolute atomic E-state index is 11.6. The lowest BCUT2D eigenvalue weighted by Gasteiger charge is -2.13. The molecule has 1 atom stereocenters. The molecule has 1 unspecified atom stereocenters. The molecule has 1 fully saturated rings. The van der Waals surface area contributed by atoms with E-state index in [1.807, 2.05) is 24.3 Å². The Balaban J connectivity index is 2.06. The van der Waals surface area contributed by atoms with Crippen LogP contribution in [0.4, 0.5) is 0 Å². The summed E-state index contributed by atoms with van der Waals surface area (Å²) in [5.74, 6) is 0.773. The van der Waals surface area contributed by atoms with Crippen molar-refractivity contribution in [1.82, 2.24) is 4.90 Å². The minimum Gasteiger partial charge on any atom is -0.481 e. The van der Waals surface area contributed by atoms with Crippen LogP contribution < -0.4 is 10.5 Å². The number of ether oxygens (including phenoxy) is 1. The summed E-state index contributed by atoms with van der Waals surface area (Å²) >= 11 is 0. The summed E-state index contributed by atoms with van der Waals surface area (Å²) in [6.07, 6.45) is 0.417. The number of likely N-dealkylation sites (N-methyl/N-ethyl adjacent to an activating group) is 1. The van der Waals surface area contributed by atoms with Crippen molar-refractivity contribution in [2.75, 3.05) is 13.6 Å². The molecule has 1 aromatic rings. The fraction of sp³-hybridized carbons (Fsp3) is 0.417. The number of likely N-dealkylation sites (tertiary alicyclic amines) is 1. The number of hydrogen-bond acceptors (Lipinski definition) is 3. The third-order valence-corrected chi connectivity index (χ3v) is 2.79. The molecular formula is C12H16N2O2. The molecule has 0 aromatic heterocycles. The zero-order chi connectivity index (χ0) is 11.5. The molecule has 4 nitrogen and oxygen atoms in total. The van der Waals surface area contributed by atoms with Crippen LogP contribution in [-0.4, -0.2) is 30.5 Å². The zero-order valence-corrected chi connectivity index (χ0v) is 9.35. The van der Waals surface area contributed by atoms with Crippen molar-refractivity contribution in [3.05, 3.63) is 29.8 Å². The summed E-state index contributed by atoms with van der Waals surface area (Å²) in [7, 11) is 1.79. The third-order valence-electron chi connectivity index (χ3n) is 2.79. The van der Waals surface area contributed by atoms with Crippen LogP contribution in [0.1, 0.15) is 12.0 Å². The van der Waals surface area contributed by atoms with Crippen molar-refractivity contribution in [3.8, 4) is 5.75 Å². The predicted octanol–water partition coefficient (Wildman–Crippen LogP) is 0.755. The number of nitrogens with zero attached hydrogens (tertiary/aromatic N) is 1. The van der Waals surface area contributed by atoms with E-state index in [0.717, 1.165) is 24.3 Å². The number of rotatable bonds is 3. The second-order valence-corrected chi connectivity index (χ2v) is 4.01. The first-order valence-electron chi connectivity index (χ1n) is 5.41. The van der Waals surface area contributed by atoms with E-state index in [2.05, 4.69) is 0 Å². The molecule has 1 amide bonds. The van der Waals surface area contributed by atoms with Gasteiger partial charge in [-0.3, -0.25) is 4.79 Å². The Morgan fingerprint density at radius 2 is 2.38 bits per heavy atom. The molecular weight excluding hydrogens is 204 g/mol. The largest absolute Gasteiger partial charge is 0.481 e. The van der Waals surface area contributed by atoms with Crippen molar-refractivity contribution in [2.45, 2.75) is 19.1 Å². The van der Waals surface area contributed by atoms with Crippen molar-refractivity contribution in [3.63, 3.8) is 0 Å². The van der Waals surface area contributed by atoms with Gasteiger partial charge >= 0.3 is 0 Å². The SMILES string of the molecule is CN1CCC(Oc2cccc(CN)c2)C1=O. The lowest BCUT2D eigenvalue weighted by Crippen LogP contribution is -2.29. The highest BCUT2D eigenvalue weighted by molar-refractivity contribution is 5.83. The van der Waals surface area contributed by atoms with Crippen LogP contribution in [0.2, 0.25) is 0 Å². The molecule has 4 heteroatoms. The van der Waals surface area contributed by atoms with Crippen molar-refractivity contribution < 1.29 is 9.53 Å². The number of carbonyl (C=O) groups excluding carboxylic acids is 1. The maximum atomic E-state index is 11.6. The van der Waals surface area contributed by atoms with Gasteiger partial charge in [0, 0.05) is 26.6 Å². The van der Waals surface area contributed by atoms with Gasteiger partial charge in [0.15, 0.2) is 6.10 Å². The molecule has 1 saturated heterocycles. The highest BCUT2D eigenvalue weighted by atomic mass is 16.5. The number of carbonyl (C=O) groups is 1. The minimum atomic E-state index is -0.335. The van der Waals surface area contributed by atoms with Crippen LogP contribution in [0.15, 0.2) is 24.3 Å². The summed E-state index contributed by atoms with van der Waals surface area (Å²) in [4.78, 5) is 13.3. The van der Waals surface area contributed by atoms with Crippen LogP contribution >= 0.6 is 0 Å². The Labute approximate surface area is 95.0 Å². The summed E-state index contributed by atoms with van der Waals surface area (Å²) < 4.78 is 5.65. The van der Waals surface area contributed by atoms with Crippen molar-refractivity contribution in [1.29, 1.82) is 0 Å². The number of benzene rings is 1. The van der Waals surface area contributed by atoms with Gasteiger partial charge in [0.05, 0.1) is 0 Å². The molecule has 2 N–H and O–H groups in total. The first-order chi connectivity index (χ1) is 7.70. The number of hydrogen-bond donors (Lipinski definition) is 1. The van der Waals surface area contributed by atoms with Gasteiger partial charge in [-0.05, 0) is 17.7 Å².